The number of phenols is 1. The molecule has 0 bridgehead atoms. The molecule has 0 saturated carbocycles. The predicted molar refractivity (Wildman–Crippen MR) is 124 cm³/mol. The molecule has 3 N–H and O–H groups in total. The fourth-order valence-electron chi connectivity index (χ4n) is 5.55. The Morgan fingerprint density at radius 2 is 1.71 bits per heavy atom. The van der Waals surface area contributed by atoms with Crippen molar-refractivity contribution < 1.29 is 24.5 Å². The highest BCUT2D eigenvalue weighted by Crippen LogP contribution is 2.55. The number of aliphatic hydroxyl groups is 1. The molecule has 2 atom stereocenters. The molecule has 0 aromatic heterocycles. The Hall–Kier alpha value is -4.10. The van der Waals surface area contributed by atoms with Crippen LogP contribution in [0.2, 0.25) is 0 Å². The van der Waals surface area contributed by atoms with Gasteiger partial charge in [0, 0.05) is 46.5 Å². The number of nitrogens with zero attached hydrogens (tertiary/aromatic N) is 1. The number of Topliss-reactive ketones (excluding diaryl/α,β-unsaturated/α-hetero) is 1. The molecule has 0 saturated heterocycles. The van der Waals surface area contributed by atoms with E-state index in [4.69, 9.17) is 4.74 Å². The number of benzene rings is 3. The van der Waals surface area contributed by atoms with Crippen LogP contribution < -0.4 is 10.1 Å². The van der Waals surface area contributed by atoms with E-state index in [0.29, 0.717) is 45.8 Å². The number of carbonyl (C=O) groups excluding carboxylic acids is 2. The van der Waals surface area contributed by atoms with E-state index in [-0.39, 0.29) is 24.0 Å². The average Bonchev–Trinajstić information content (AvgIpc) is 3.24. The third-order valence-corrected chi connectivity index (χ3v) is 7.04. The quantitative estimate of drug-likeness (QED) is 0.551. The van der Waals surface area contributed by atoms with Gasteiger partial charge in [-0.2, -0.15) is 0 Å². The third-order valence-electron chi connectivity index (χ3n) is 7.04. The van der Waals surface area contributed by atoms with Crippen molar-refractivity contribution in [2.45, 2.75) is 11.6 Å². The number of ketones is 1. The predicted octanol–water partition coefficient (Wildman–Crippen LogP) is 3.00. The van der Waals surface area contributed by atoms with Crippen LogP contribution in [0.5, 0.6) is 11.5 Å². The van der Waals surface area contributed by atoms with Crippen LogP contribution >= 0.6 is 0 Å². The summed E-state index contributed by atoms with van der Waals surface area (Å²) >= 11 is 0. The average molecular weight is 454 g/mol. The molecule has 34 heavy (non-hydrogen) atoms. The summed E-state index contributed by atoms with van der Waals surface area (Å²) in [5.74, 6) is -1.29. The van der Waals surface area contributed by atoms with Crippen molar-refractivity contribution in [3.63, 3.8) is 0 Å². The second kappa shape index (κ2) is 7.20. The summed E-state index contributed by atoms with van der Waals surface area (Å²) in [7, 11) is 1.51. The molecule has 7 heteroatoms. The van der Waals surface area contributed by atoms with Gasteiger partial charge in [0.05, 0.1) is 18.7 Å². The summed E-state index contributed by atoms with van der Waals surface area (Å²) in [6, 6.07) is 18.9. The minimum absolute atomic E-state index is 0.104. The lowest BCUT2D eigenvalue weighted by atomic mass is 9.76. The lowest BCUT2D eigenvalue weighted by molar-refractivity contribution is -0.0972. The number of ether oxygens (including phenoxy) is 1. The minimum Gasteiger partial charge on any atom is -0.508 e. The number of phenolic OH excluding ortho intramolecular Hbond substituents is 1. The van der Waals surface area contributed by atoms with E-state index in [0.717, 1.165) is 5.56 Å². The van der Waals surface area contributed by atoms with Crippen LogP contribution in [0.4, 0.5) is 0 Å². The Morgan fingerprint density at radius 3 is 2.47 bits per heavy atom. The molecule has 0 fully saturated rings. The van der Waals surface area contributed by atoms with Crippen molar-refractivity contribution >= 4 is 17.4 Å². The molecule has 1 aliphatic carbocycles. The molecule has 3 aromatic rings. The zero-order chi connectivity index (χ0) is 23.6. The highest BCUT2D eigenvalue weighted by molar-refractivity contribution is 6.21. The summed E-state index contributed by atoms with van der Waals surface area (Å²) in [4.78, 5) is 28.7. The number of hydrogen-bond acceptors (Lipinski definition) is 6. The molecule has 0 unspecified atom stereocenters. The Kier molecular flexibility index (Phi) is 4.34. The number of hydrogen-bond donors (Lipinski definition) is 3. The third kappa shape index (κ3) is 2.55. The van der Waals surface area contributed by atoms with E-state index in [2.05, 4.69) is 5.32 Å². The number of amides is 1. The van der Waals surface area contributed by atoms with Gasteiger partial charge in [-0.25, -0.2) is 0 Å². The van der Waals surface area contributed by atoms with E-state index in [1.54, 1.807) is 48.5 Å². The summed E-state index contributed by atoms with van der Waals surface area (Å²) in [6.45, 7) is 0.553. The first-order valence-electron chi connectivity index (χ1n) is 11.1. The Labute approximate surface area is 195 Å². The zero-order valence-electron chi connectivity index (χ0n) is 18.4. The van der Waals surface area contributed by atoms with E-state index in [1.807, 2.05) is 12.1 Å². The van der Waals surface area contributed by atoms with Crippen LogP contribution in [0.3, 0.4) is 0 Å². The van der Waals surface area contributed by atoms with Gasteiger partial charge in [0.15, 0.2) is 11.5 Å². The molecule has 0 radical (unpaired) electrons. The van der Waals surface area contributed by atoms with Crippen LogP contribution in [0.25, 0.3) is 5.70 Å². The molecule has 1 amide bonds. The van der Waals surface area contributed by atoms with Gasteiger partial charge in [-0.3, -0.25) is 9.59 Å². The van der Waals surface area contributed by atoms with Crippen molar-refractivity contribution in [3.05, 3.63) is 100 Å². The van der Waals surface area contributed by atoms with Gasteiger partial charge in [0.1, 0.15) is 11.5 Å². The smallest absolute Gasteiger partial charge is 0.256 e. The molecule has 6 rings (SSSR count). The molecule has 7 nitrogen and oxygen atoms in total. The van der Waals surface area contributed by atoms with Gasteiger partial charge < -0.3 is 25.2 Å². The van der Waals surface area contributed by atoms with E-state index < -0.39 is 11.6 Å². The minimum atomic E-state index is -1.89. The number of fused-ring (bicyclic) bond motifs is 5. The fourth-order valence-corrected chi connectivity index (χ4v) is 5.55. The molecule has 170 valence electrons. The van der Waals surface area contributed by atoms with Gasteiger partial charge in [-0.05, 0) is 24.3 Å². The van der Waals surface area contributed by atoms with Crippen LogP contribution in [0, 0.1) is 0 Å². The molecule has 3 aromatic carbocycles. The standard InChI is InChI=1S/C27H22N2O5/c1-34-15-10-11-21(30)19(14-15)23-22-24(16-6-2-3-7-17(16)25(22)31)28-12-13-29-26(32)18-8-4-5-9-20(18)27(23,29)33/h2-11,14,23,28,30,33H,12-13H2,1H3/t23-,27-/m0/s1. The van der Waals surface area contributed by atoms with Crippen molar-refractivity contribution in [1.82, 2.24) is 10.2 Å². The maximum absolute atomic E-state index is 13.8. The zero-order valence-corrected chi connectivity index (χ0v) is 18.4. The SMILES string of the molecule is COc1ccc(O)c([C@H]2C3=C(NCCN4C(=O)c5ccccc5[C@]24O)c2ccccc2C3=O)c1. The molecule has 2 heterocycles. The Balaban J connectivity index is 1.71. The molecule has 2 aliphatic heterocycles. The summed E-state index contributed by atoms with van der Waals surface area (Å²) in [6.07, 6.45) is 0. The second-order valence-electron chi connectivity index (χ2n) is 8.68. The van der Waals surface area contributed by atoms with E-state index >= 15 is 0 Å². The second-order valence-corrected chi connectivity index (χ2v) is 8.68. The van der Waals surface area contributed by atoms with E-state index in [9.17, 15) is 19.8 Å². The van der Waals surface area contributed by atoms with Gasteiger partial charge in [-0.1, -0.05) is 42.5 Å². The topological polar surface area (TPSA) is 99.1 Å². The lowest BCUT2D eigenvalue weighted by Gasteiger charge is -2.43. The maximum atomic E-state index is 13.8. The summed E-state index contributed by atoms with van der Waals surface area (Å²) in [5, 5.41) is 26.9. The van der Waals surface area contributed by atoms with Crippen LogP contribution in [-0.4, -0.2) is 47.0 Å². The van der Waals surface area contributed by atoms with E-state index in [1.165, 1.54) is 18.1 Å². The maximum Gasteiger partial charge on any atom is 0.256 e. The van der Waals surface area contributed by atoms with Crippen molar-refractivity contribution in [1.29, 1.82) is 0 Å². The highest BCUT2D eigenvalue weighted by Gasteiger charge is 2.58. The van der Waals surface area contributed by atoms with Crippen LogP contribution in [0.15, 0.2) is 72.3 Å². The highest BCUT2D eigenvalue weighted by atomic mass is 16.5. The number of rotatable bonds is 2. The molecule has 3 aliphatic rings. The molecular formula is C27H22N2O5. The van der Waals surface area contributed by atoms with Gasteiger partial charge in [-0.15, -0.1) is 0 Å². The summed E-state index contributed by atoms with van der Waals surface area (Å²) < 4.78 is 5.40. The first kappa shape index (κ1) is 20.5. The normalized spacial score (nSPS) is 22.9. The van der Waals surface area contributed by atoms with Crippen molar-refractivity contribution in [2.24, 2.45) is 0 Å². The summed E-state index contributed by atoms with van der Waals surface area (Å²) in [5.41, 5.74) is 1.37. The fraction of sp³-hybridized carbons (Fsp3) is 0.185. The lowest BCUT2D eigenvalue weighted by Crippen LogP contribution is -2.52. The number of carbonyl (C=O) groups is 2. The largest absolute Gasteiger partial charge is 0.508 e. The first-order chi connectivity index (χ1) is 16.5. The van der Waals surface area contributed by atoms with Gasteiger partial charge in [0.2, 0.25) is 0 Å². The number of nitrogens with one attached hydrogen (secondary N) is 1. The van der Waals surface area contributed by atoms with Crippen molar-refractivity contribution in [2.75, 3.05) is 20.2 Å². The first-order valence-corrected chi connectivity index (χ1v) is 11.1. The van der Waals surface area contributed by atoms with Crippen molar-refractivity contribution in [3.8, 4) is 11.5 Å². The Morgan fingerprint density at radius 1 is 1.00 bits per heavy atom. The van der Waals surface area contributed by atoms with Gasteiger partial charge in [0.25, 0.3) is 5.91 Å². The Bertz CT molecular complexity index is 1410. The van der Waals surface area contributed by atoms with Crippen LogP contribution in [-0.2, 0) is 5.72 Å². The molecular weight excluding hydrogens is 432 g/mol. The monoisotopic (exact) mass is 454 g/mol. The van der Waals surface area contributed by atoms with Gasteiger partial charge >= 0.3 is 0 Å². The van der Waals surface area contributed by atoms with Crippen LogP contribution in [0.1, 0.15) is 43.3 Å². The number of methoxy groups -OCH3 is 1. The molecule has 0 spiro atoms. The number of aromatic hydroxyl groups is 1.